The SMILES string of the molecule is NC(=O)C1NCCc2cccc(OS(=O)(=O)c3ccc4ccccc4c3)c21. The van der Waals surface area contributed by atoms with Gasteiger partial charge in [0.15, 0.2) is 0 Å². The molecule has 1 amide bonds. The lowest BCUT2D eigenvalue weighted by molar-refractivity contribution is -0.120. The second kappa shape index (κ2) is 6.68. The van der Waals surface area contributed by atoms with E-state index >= 15 is 0 Å². The van der Waals surface area contributed by atoms with Crippen molar-refractivity contribution in [2.24, 2.45) is 5.73 Å². The second-order valence-corrected chi connectivity index (χ2v) is 7.96. The zero-order chi connectivity index (χ0) is 19.0. The van der Waals surface area contributed by atoms with Gasteiger partial charge in [-0.05, 0) is 41.0 Å². The van der Waals surface area contributed by atoms with Gasteiger partial charge < -0.3 is 15.2 Å². The zero-order valence-electron chi connectivity index (χ0n) is 14.4. The zero-order valence-corrected chi connectivity index (χ0v) is 15.2. The van der Waals surface area contributed by atoms with Gasteiger partial charge in [0, 0.05) is 12.1 Å². The summed E-state index contributed by atoms with van der Waals surface area (Å²) in [6, 6.07) is 16.6. The molecule has 27 heavy (non-hydrogen) atoms. The maximum atomic E-state index is 12.8. The summed E-state index contributed by atoms with van der Waals surface area (Å²) in [6.07, 6.45) is 0.659. The van der Waals surface area contributed by atoms with E-state index in [1.165, 1.54) is 6.07 Å². The van der Waals surface area contributed by atoms with E-state index in [9.17, 15) is 13.2 Å². The Morgan fingerprint density at radius 2 is 1.81 bits per heavy atom. The summed E-state index contributed by atoms with van der Waals surface area (Å²) in [5, 5.41) is 4.75. The standard InChI is InChI=1S/C20H18N2O4S/c21-20(23)19-18-14(10-11-22-19)6-3-7-17(18)26-27(24,25)16-9-8-13-4-1-2-5-15(13)12-16/h1-9,12,19,22H,10-11H2,(H2,21,23). The Balaban J connectivity index is 1.76. The average molecular weight is 382 g/mol. The molecule has 0 radical (unpaired) electrons. The van der Waals surface area contributed by atoms with Crippen molar-refractivity contribution in [3.63, 3.8) is 0 Å². The van der Waals surface area contributed by atoms with Crippen LogP contribution in [0.2, 0.25) is 0 Å². The van der Waals surface area contributed by atoms with Crippen LogP contribution in [0.1, 0.15) is 17.2 Å². The minimum Gasteiger partial charge on any atom is -0.379 e. The quantitative estimate of drug-likeness (QED) is 0.675. The Bertz CT molecular complexity index is 1140. The Hall–Kier alpha value is -2.90. The average Bonchev–Trinajstić information content (AvgIpc) is 2.67. The topological polar surface area (TPSA) is 98.5 Å². The van der Waals surface area contributed by atoms with E-state index in [1.807, 2.05) is 30.3 Å². The fourth-order valence-corrected chi connectivity index (χ4v) is 4.38. The van der Waals surface area contributed by atoms with E-state index < -0.39 is 22.1 Å². The van der Waals surface area contributed by atoms with Crippen LogP contribution in [-0.2, 0) is 21.3 Å². The summed E-state index contributed by atoms with van der Waals surface area (Å²) >= 11 is 0. The van der Waals surface area contributed by atoms with Gasteiger partial charge in [0.1, 0.15) is 16.7 Å². The lowest BCUT2D eigenvalue weighted by Gasteiger charge is -2.26. The predicted octanol–water partition coefficient (Wildman–Crippen LogP) is 2.28. The van der Waals surface area contributed by atoms with Crippen LogP contribution in [0.5, 0.6) is 5.75 Å². The molecule has 0 aromatic heterocycles. The number of carbonyl (C=O) groups excluding carboxylic acids is 1. The van der Waals surface area contributed by atoms with Crippen molar-refractivity contribution in [1.29, 1.82) is 0 Å². The molecule has 0 bridgehead atoms. The number of carbonyl (C=O) groups is 1. The molecule has 1 atom stereocenters. The highest BCUT2D eigenvalue weighted by Crippen LogP contribution is 2.34. The smallest absolute Gasteiger partial charge is 0.339 e. The first-order valence-corrected chi connectivity index (χ1v) is 9.94. The third kappa shape index (κ3) is 3.27. The molecule has 1 heterocycles. The van der Waals surface area contributed by atoms with E-state index in [0.29, 0.717) is 18.5 Å². The van der Waals surface area contributed by atoms with Crippen molar-refractivity contribution in [3.8, 4) is 5.75 Å². The monoisotopic (exact) mass is 382 g/mol. The van der Waals surface area contributed by atoms with Crippen LogP contribution in [0, 0.1) is 0 Å². The molecular weight excluding hydrogens is 364 g/mol. The van der Waals surface area contributed by atoms with Crippen LogP contribution >= 0.6 is 0 Å². The van der Waals surface area contributed by atoms with Gasteiger partial charge in [0.25, 0.3) is 0 Å². The molecule has 1 unspecified atom stereocenters. The highest BCUT2D eigenvalue weighted by molar-refractivity contribution is 7.87. The number of fused-ring (bicyclic) bond motifs is 2. The minimum absolute atomic E-state index is 0.0539. The Morgan fingerprint density at radius 3 is 2.59 bits per heavy atom. The molecule has 1 aliphatic heterocycles. The molecule has 4 rings (SSSR count). The molecule has 138 valence electrons. The number of rotatable bonds is 4. The van der Waals surface area contributed by atoms with E-state index in [4.69, 9.17) is 9.92 Å². The summed E-state index contributed by atoms with van der Waals surface area (Å²) in [5.41, 5.74) is 6.82. The predicted molar refractivity (Wildman–Crippen MR) is 102 cm³/mol. The van der Waals surface area contributed by atoms with E-state index in [0.717, 1.165) is 16.3 Å². The molecule has 3 aromatic carbocycles. The fraction of sp³-hybridized carbons (Fsp3) is 0.150. The van der Waals surface area contributed by atoms with Crippen LogP contribution in [0.25, 0.3) is 10.8 Å². The first-order valence-electron chi connectivity index (χ1n) is 8.53. The van der Waals surface area contributed by atoms with Crippen LogP contribution in [0.4, 0.5) is 0 Å². The molecule has 6 nitrogen and oxygen atoms in total. The molecule has 0 saturated carbocycles. The van der Waals surface area contributed by atoms with Gasteiger partial charge in [-0.15, -0.1) is 0 Å². The highest BCUT2D eigenvalue weighted by Gasteiger charge is 2.30. The lowest BCUT2D eigenvalue weighted by atomic mass is 9.93. The summed E-state index contributed by atoms with van der Waals surface area (Å²) in [7, 11) is -4.07. The van der Waals surface area contributed by atoms with Gasteiger partial charge in [0.05, 0.1) is 0 Å². The molecule has 0 aliphatic carbocycles. The molecule has 0 spiro atoms. The second-order valence-electron chi connectivity index (χ2n) is 6.41. The number of nitrogens with two attached hydrogens (primary N) is 1. The Labute approximate surface area is 157 Å². The van der Waals surface area contributed by atoms with Crippen LogP contribution in [0.15, 0.2) is 65.6 Å². The maximum Gasteiger partial charge on any atom is 0.339 e. The van der Waals surface area contributed by atoms with Gasteiger partial charge in [0.2, 0.25) is 5.91 Å². The number of hydrogen-bond acceptors (Lipinski definition) is 5. The van der Waals surface area contributed by atoms with Crippen molar-refractivity contribution in [2.45, 2.75) is 17.4 Å². The first-order chi connectivity index (χ1) is 13.0. The van der Waals surface area contributed by atoms with Crippen LogP contribution < -0.4 is 15.2 Å². The van der Waals surface area contributed by atoms with Gasteiger partial charge >= 0.3 is 10.1 Å². The van der Waals surface area contributed by atoms with Crippen LogP contribution in [-0.4, -0.2) is 20.9 Å². The Morgan fingerprint density at radius 1 is 1.04 bits per heavy atom. The number of amides is 1. The summed E-state index contributed by atoms with van der Waals surface area (Å²) in [5.74, 6) is -0.452. The molecule has 0 saturated heterocycles. The van der Waals surface area contributed by atoms with Crippen molar-refractivity contribution >= 4 is 26.8 Å². The van der Waals surface area contributed by atoms with Crippen LogP contribution in [0.3, 0.4) is 0 Å². The van der Waals surface area contributed by atoms with Crippen molar-refractivity contribution in [1.82, 2.24) is 5.32 Å². The van der Waals surface area contributed by atoms with E-state index in [-0.39, 0.29) is 10.6 Å². The van der Waals surface area contributed by atoms with Gasteiger partial charge in [-0.2, -0.15) is 8.42 Å². The number of nitrogens with one attached hydrogen (secondary N) is 1. The largest absolute Gasteiger partial charge is 0.379 e. The highest BCUT2D eigenvalue weighted by atomic mass is 32.2. The summed E-state index contributed by atoms with van der Waals surface area (Å²) in [6.45, 7) is 0.585. The molecule has 0 fully saturated rings. The van der Waals surface area contributed by atoms with Gasteiger partial charge in [-0.25, -0.2) is 0 Å². The molecule has 3 N–H and O–H groups in total. The third-order valence-corrected chi connectivity index (χ3v) is 5.91. The molecular formula is C20H18N2O4S. The van der Waals surface area contributed by atoms with Crippen molar-refractivity contribution in [3.05, 3.63) is 71.8 Å². The maximum absolute atomic E-state index is 12.8. The minimum atomic E-state index is -4.07. The van der Waals surface area contributed by atoms with Gasteiger partial charge in [-0.3, -0.25) is 4.79 Å². The number of primary amides is 1. The lowest BCUT2D eigenvalue weighted by Crippen LogP contribution is -2.39. The first kappa shape index (κ1) is 17.5. The normalized spacial score (nSPS) is 16.7. The molecule has 1 aliphatic rings. The Kier molecular flexibility index (Phi) is 4.33. The van der Waals surface area contributed by atoms with Gasteiger partial charge in [-0.1, -0.05) is 42.5 Å². The number of benzene rings is 3. The van der Waals surface area contributed by atoms with Crippen molar-refractivity contribution in [2.75, 3.05) is 6.54 Å². The fourth-order valence-electron chi connectivity index (χ4n) is 3.39. The third-order valence-electron chi connectivity index (χ3n) is 4.68. The number of hydrogen-bond donors (Lipinski definition) is 2. The summed E-state index contributed by atoms with van der Waals surface area (Å²) < 4.78 is 31.1. The van der Waals surface area contributed by atoms with E-state index in [1.54, 1.807) is 24.3 Å². The summed E-state index contributed by atoms with van der Waals surface area (Å²) in [4.78, 5) is 11.9. The van der Waals surface area contributed by atoms with Crippen molar-refractivity contribution < 1.29 is 17.4 Å². The van der Waals surface area contributed by atoms with E-state index in [2.05, 4.69) is 5.32 Å². The molecule has 3 aromatic rings. The molecule has 7 heteroatoms.